The maximum absolute atomic E-state index is 2.49. The van der Waals surface area contributed by atoms with Crippen LogP contribution in [0.1, 0.15) is 25.0 Å². The van der Waals surface area contributed by atoms with E-state index in [2.05, 4.69) is 216 Å². The van der Waals surface area contributed by atoms with E-state index in [9.17, 15) is 0 Å². The van der Waals surface area contributed by atoms with Gasteiger partial charge in [0.25, 0.3) is 0 Å². The quantitative estimate of drug-likeness (QED) is 0.175. The van der Waals surface area contributed by atoms with E-state index in [-0.39, 0.29) is 5.41 Å². The highest BCUT2D eigenvalue weighted by Gasteiger charge is 2.36. The van der Waals surface area contributed by atoms with Crippen LogP contribution in [0.15, 0.2) is 188 Å². The maximum Gasteiger partial charge on any atom is 0.0562 e. The smallest absolute Gasteiger partial charge is 0.0562 e. The van der Waals surface area contributed by atoms with Gasteiger partial charge in [-0.25, -0.2) is 0 Å². The summed E-state index contributed by atoms with van der Waals surface area (Å²) in [5.74, 6) is 0. The van der Waals surface area contributed by atoms with Gasteiger partial charge in [-0.1, -0.05) is 129 Å². The molecule has 10 aromatic rings. The molecule has 0 amide bonds. The molecule has 0 N–H and O–H groups in total. The minimum atomic E-state index is -0.0755. The zero-order valence-electron chi connectivity index (χ0n) is 30.2. The number of benzene rings is 8. The van der Waals surface area contributed by atoms with Crippen LogP contribution >= 0.6 is 0 Å². The molecule has 1 aliphatic rings. The Kier molecular flexibility index (Phi) is 6.60. The molecule has 3 heteroatoms. The summed E-state index contributed by atoms with van der Waals surface area (Å²) >= 11 is 0. The van der Waals surface area contributed by atoms with Crippen LogP contribution in [-0.2, 0) is 5.41 Å². The lowest BCUT2D eigenvalue weighted by molar-refractivity contribution is 0.660. The lowest BCUT2D eigenvalue weighted by Gasteiger charge is -2.28. The second kappa shape index (κ2) is 11.6. The standard InChI is InChI=1S/C51H37N3/c1-51(2)43-23-12-9-20-38(43)42-32-36(29-31-44(42)51)52(37-28-30-40-39-21-10-13-24-45(39)54(49(40)33-37)35-18-7-4-8-19-35)47-26-15-27-48-50(47)41-22-11-14-25-46(41)53(48)34-16-5-3-6-17-34/h3-33H,1-2H3. The minimum Gasteiger partial charge on any atom is -0.310 e. The van der Waals surface area contributed by atoms with Crippen LogP contribution in [0.4, 0.5) is 17.1 Å². The molecule has 0 radical (unpaired) electrons. The maximum atomic E-state index is 2.49. The van der Waals surface area contributed by atoms with Crippen molar-refractivity contribution in [3.63, 3.8) is 0 Å². The molecule has 2 heterocycles. The van der Waals surface area contributed by atoms with Crippen LogP contribution in [0.3, 0.4) is 0 Å². The van der Waals surface area contributed by atoms with Crippen molar-refractivity contribution in [1.29, 1.82) is 0 Å². The molecule has 256 valence electrons. The highest BCUT2D eigenvalue weighted by Crippen LogP contribution is 2.52. The molecule has 3 nitrogen and oxygen atoms in total. The van der Waals surface area contributed by atoms with Crippen molar-refractivity contribution < 1.29 is 0 Å². The fraction of sp³-hybridized carbons (Fsp3) is 0.0588. The Hall–Kier alpha value is -6.84. The number of hydrogen-bond donors (Lipinski definition) is 0. The molecule has 8 aromatic carbocycles. The first-order valence-corrected chi connectivity index (χ1v) is 18.8. The molecule has 0 bridgehead atoms. The van der Waals surface area contributed by atoms with Gasteiger partial charge in [0.15, 0.2) is 0 Å². The molecule has 0 saturated carbocycles. The van der Waals surface area contributed by atoms with Gasteiger partial charge in [0, 0.05) is 49.7 Å². The van der Waals surface area contributed by atoms with E-state index >= 15 is 0 Å². The monoisotopic (exact) mass is 691 g/mol. The molecular formula is C51H37N3. The number of aromatic nitrogens is 2. The lowest BCUT2D eigenvalue weighted by Crippen LogP contribution is -2.15. The van der Waals surface area contributed by atoms with Gasteiger partial charge in [0.05, 0.1) is 27.8 Å². The van der Waals surface area contributed by atoms with Crippen LogP contribution in [-0.4, -0.2) is 9.13 Å². The molecule has 0 fully saturated rings. The predicted molar refractivity (Wildman–Crippen MR) is 227 cm³/mol. The highest BCUT2D eigenvalue weighted by atomic mass is 15.2. The van der Waals surface area contributed by atoms with E-state index in [0.29, 0.717) is 0 Å². The van der Waals surface area contributed by atoms with Crippen molar-refractivity contribution in [2.24, 2.45) is 0 Å². The van der Waals surface area contributed by atoms with Crippen molar-refractivity contribution in [1.82, 2.24) is 9.13 Å². The van der Waals surface area contributed by atoms with Crippen LogP contribution < -0.4 is 4.90 Å². The van der Waals surface area contributed by atoms with E-state index < -0.39 is 0 Å². The Balaban J connectivity index is 1.24. The second-order valence-electron chi connectivity index (χ2n) is 15.0. The molecule has 0 unspecified atom stereocenters. The molecule has 0 atom stereocenters. The van der Waals surface area contributed by atoms with Gasteiger partial charge in [-0.05, 0) is 95.1 Å². The SMILES string of the molecule is CC1(C)c2ccccc2-c2cc(N(c3ccc4c5ccccc5n(-c5ccccc5)c4c3)c3cccc4c3c3ccccc3n4-c3ccccc3)ccc21. The third kappa shape index (κ3) is 4.36. The Labute approximate surface area is 314 Å². The fourth-order valence-corrected chi connectivity index (χ4v) is 9.27. The van der Waals surface area contributed by atoms with Gasteiger partial charge in [-0.3, -0.25) is 0 Å². The fourth-order valence-electron chi connectivity index (χ4n) is 9.27. The molecule has 2 aromatic heterocycles. The second-order valence-corrected chi connectivity index (χ2v) is 15.0. The number of rotatable bonds is 5. The first-order valence-electron chi connectivity index (χ1n) is 18.8. The Morgan fingerprint density at radius 3 is 1.69 bits per heavy atom. The Morgan fingerprint density at radius 1 is 0.389 bits per heavy atom. The van der Waals surface area contributed by atoms with Gasteiger partial charge in [-0.2, -0.15) is 0 Å². The van der Waals surface area contributed by atoms with Crippen LogP contribution in [0.25, 0.3) is 66.1 Å². The zero-order chi connectivity index (χ0) is 36.0. The van der Waals surface area contributed by atoms with Crippen molar-refractivity contribution in [2.75, 3.05) is 4.90 Å². The lowest BCUT2D eigenvalue weighted by atomic mass is 9.82. The van der Waals surface area contributed by atoms with Crippen molar-refractivity contribution in [3.8, 4) is 22.5 Å². The number of hydrogen-bond acceptors (Lipinski definition) is 1. The molecular weight excluding hydrogens is 655 g/mol. The third-order valence-corrected chi connectivity index (χ3v) is 11.7. The summed E-state index contributed by atoms with van der Waals surface area (Å²) in [5.41, 5.74) is 15.7. The molecule has 0 spiro atoms. The van der Waals surface area contributed by atoms with E-state index in [4.69, 9.17) is 0 Å². The Bertz CT molecular complexity index is 3070. The number of fused-ring (bicyclic) bond motifs is 9. The van der Waals surface area contributed by atoms with Gasteiger partial charge in [-0.15, -0.1) is 0 Å². The van der Waals surface area contributed by atoms with Gasteiger partial charge >= 0.3 is 0 Å². The molecule has 0 aliphatic heterocycles. The number of anilines is 3. The number of nitrogens with zero attached hydrogens (tertiary/aromatic N) is 3. The third-order valence-electron chi connectivity index (χ3n) is 11.7. The van der Waals surface area contributed by atoms with Crippen LogP contribution in [0.2, 0.25) is 0 Å². The summed E-state index contributed by atoms with van der Waals surface area (Å²) in [6.45, 7) is 4.70. The molecule has 1 aliphatic carbocycles. The highest BCUT2D eigenvalue weighted by molar-refractivity contribution is 6.17. The summed E-state index contributed by atoms with van der Waals surface area (Å²) in [4.78, 5) is 2.49. The van der Waals surface area contributed by atoms with E-state index in [1.807, 2.05) is 0 Å². The summed E-state index contributed by atoms with van der Waals surface area (Å²) in [5, 5.41) is 4.94. The molecule has 11 rings (SSSR count). The zero-order valence-corrected chi connectivity index (χ0v) is 30.2. The van der Waals surface area contributed by atoms with E-state index in [0.717, 1.165) is 28.4 Å². The van der Waals surface area contributed by atoms with Gasteiger partial charge in [0.2, 0.25) is 0 Å². The first-order chi connectivity index (χ1) is 26.6. The van der Waals surface area contributed by atoms with Gasteiger partial charge < -0.3 is 14.0 Å². The van der Waals surface area contributed by atoms with Crippen LogP contribution in [0.5, 0.6) is 0 Å². The van der Waals surface area contributed by atoms with Crippen molar-refractivity contribution >= 4 is 60.7 Å². The predicted octanol–water partition coefficient (Wildman–Crippen LogP) is 13.7. The first kappa shape index (κ1) is 30.8. The van der Waals surface area contributed by atoms with E-state index in [1.54, 1.807) is 0 Å². The van der Waals surface area contributed by atoms with Gasteiger partial charge in [0.1, 0.15) is 0 Å². The summed E-state index contributed by atoms with van der Waals surface area (Å²) in [6.07, 6.45) is 0. The average molecular weight is 692 g/mol. The summed E-state index contributed by atoms with van der Waals surface area (Å²) in [6, 6.07) is 68.9. The molecule has 54 heavy (non-hydrogen) atoms. The van der Waals surface area contributed by atoms with E-state index in [1.165, 1.54) is 65.9 Å². The average Bonchev–Trinajstić information content (AvgIpc) is 3.82. The molecule has 0 saturated heterocycles. The normalized spacial score (nSPS) is 13.1. The minimum absolute atomic E-state index is 0.0755. The van der Waals surface area contributed by atoms with Crippen molar-refractivity contribution in [2.45, 2.75) is 19.3 Å². The summed E-state index contributed by atoms with van der Waals surface area (Å²) < 4.78 is 4.82. The summed E-state index contributed by atoms with van der Waals surface area (Å²) in [7, 11) is 0. The topological polar surface area (TPSA) is 13.1 Å². The Morgan fingerprint density at radius 2 is 0.926 bits per heavy atom. The van der Waals surface area contributed by atoms with Crippen LogP contribution in [0, 0.1) is 0 Å². The van der Waals surface area contributed by atoms with Crippen molar-refractivity contribution in [3.05, 3.63) is 199 Å². The number of para-hydroxylation sites is 4. The largest absolute Gasteiger partial charge is 0.310 e.